The molecule has 0 aliphatic carbocycles. The number of aromatic nitrogens is 5. The molecule has 0 spiro atoms. The van der Waals surface area contributed by atoms with Crippen LogP contribution < -0.4 is 10.6 Å². The average molecular weight is 293 g/mol. The van der Waals surface area contributed by atoms with Crippen molar-refractivity contribution in [2.45, 2.75) is 19.0 Å². The molecule has 0 saturated carbocycles. The maximum absolute atomic E-state index is 11.7. The number of nitrogens with zero attached hydrogens (tertiary/aromatic N) is 4. The Kier molecular flexibility index (Phi) is 4.49. The van der Waals surface area contributed by atoms with Crippen LogP contribution in [0.15, 0.2) is 18.9 Å². The molecular formula is C11H15N7O3. The van der Waals surface area contributed by atoms with Crippen molar-refractivity contribution in [1.29, 1.82) is 0 Å². The number of aryl methyl sites for hydroxylation is 1. The summed E-state index contributed by atoms with van der Waals surface area (Å²) in [4.78, 5) is 33.4. The summed E-state index contributed by atoms with van der Waals surface area (Å²) < 4.78 is 1.51. The predicted molar refractivity (Wildman–Crippen MR) is 70.1 cm³/mol. The van der Waals surface area contributed by atoms with Crippen molar-refractivity contribution in [3.63, 3.8) is 0 Å². The number of aliphatic carboxylic acids is 1. The largest absolute Gasteiger partial charge is 0.480 e. The Morgan fingerprint density at radius 2 is 2.33 bits per heavy atom. The highest BCUT2D eigenvalue weighted by Crippen LogP contribution is 1.99. The molecule has 2 aromatic rings. The molecular weight excluding hydrogens is 278 g/mol. The summed E-state index contributed by atoms with van der Waals surface area (Å²) in [5.74, 6) is -0.691. The number of imidazole rings is 1. The predicted octanol–water partition coefficient (Wildman–Crippen LogP) is -0.967. The molecule has 0 unspecified atom stereocenters. The van der Waals surface area contributed by atoms with Crippen molar-refractivity contribution >= 4 is 12.0 Å². The number of amides is 2. The summed E-state index contributed by atoms with van der Waals surface area (Å²) >= 11 is 0. The minimum atomic E-state index is -1.13. The SMILES string of the molecule is Cn1cnc(CNC(=O)N[C@@H](Cc2cnc[nH]2)C(=O)O)n1. The van der Waals surface area contributed by atoms with E-state index in [-0.39, 0.29) is 13.0 Å². The number of nitrogens with one attached hydrogen (secondary N) is 3. The number of carboxylic acid groups (broad SMARTS) is 1. The molecule has 0 radical (unpaired) electrons. The zero-order valence-corrected chi connectivity index (χ0v) is 11.3. The molecule has 2 amide bonds. The first kappa shape index (κ1) is 14.5. The van der Waals surface area contributed by atoms with E-state index < -0.39 is 18.0 Å². The normalized spacial score (nSPS) is 11.9. The zero-order chi connectivity index (χ0) is 15.2. The Balaban J connectivity index is 1.84. The van der Waals surface area contributed by atoms with E-state index in [1.54, 1.807) is 7.05 Å². The number of urea groups is 1. The lowest BCUT2D eigenvalue weighted by Gasteiger charge is -2.13. The number of H-pyrrole nitrogens is 1. The van der Waals surface area contributed by atoms with Gasteiger partial charge in [-0.1, -0.05) is 0 Å². The van der Waals surface area contributed by atoms with Crippen LogP contribution in [0.5, 0.6) is 0 Å². The first-order valence-electron chi connectivity index (χ1n) is 6.13. The summed E-state index contributed by atoms with van der Waals surface area (Å²) in [6, 6.07) is -1.66. The van der Waals surface area contributed by atoms with Crippen LogP contribution in [-0.4, -0.2) is 47.9 Å². The Hall–Kier alpha value is -2.91. The second kappa shape index (κ2) is 6.50. The number of hydrogen-bond acceptors (Lipinski definition) is 5. The van der Waals surface area contributed by atoms with E-state index in [0.717, 1.165) is 0 Å². The molecule has 0 aliphatic heterocycles. The van der Waals surface area contributed by atoms with Gasteiger partial charge in [-0.3, -0.25) is 4.68 Å². The van der Waals surface area contributed by atoms with Crippen molar-refractivity contribution in [2.24, 2.45) is 7.05 Å². The highest BCUT2D eigenvalue weighted by Gasteiger charge is 2.21. The van der Waals surface area contributed by atoms with Crippen LogP contribution in [0.2, 0.25) is 0 Å². The smallest absolute Gasteiger partial charge is 0.326 e. The third-order valence-corrected chi connectivity index (χ3v) is 2.64. The van der Waals surface area contributed by atoms with Crippen LogP contribution in [-0.2, 0) is 24.8 Å². The molecule has 2 heterocycles. The lowest BCUT2D eigenvalue weighted by atomic mass is 10.2. The summed E-state index contributed by atoms with van der Waals surface area (Å²) in [6.45, 7) is 0.114. The van der Waals surface area contributed by atoms with Gasteiger partial charge in [-0.2, -0.15) is 5.10 Å². The van der Waals surface area contributed by atoms with Gasteiger partial charge in [0.25, 0.3) is 0 Å². The fourth-order valence-corrected chi connectivity index (χ4v) is 1.65. The third kappa shape index (κ3) is 4.30. The topological polar surface area (TPSA) is 138 Å². The fourth-order valence-electron chi connectivity index (χ4n) is 1.65. The standard InChI is InChI=1S/C11H15N7O3/c1-18-6-15-9(17-18)4-13-11(21)16-8(10(19)20)2-7-3-12-5-14-7/h3,5-6,8H,2,4H2,1H3,(H,12,14)(H,19,20)(H2,13,16,21)/t8-/m0/s1. The van der Waals surface area contributed by atoms with E-state index in [0.29, 0.717) is 11.5 Å². The molecule has 4 N–H and O–H groups in total. The van der Waals surface area contributed by atoms with E-state index in [4.69, 9.17) is 5.11 Å². The summed E-state index contributed by atoms with van der Waals surface area (Å²) in [7, 11) is 1.71. The van der Waals surface area contributed by atoms with Gasteiger partial charge in [0.05, 0.1) is 12.9 Å². The van der Waals surface area contributed by atoms with Gasteiger partial charge in [0.15, 0.2) is 5.82 Å². The van der Waals surface area contributed by atoms with E-state index in [1.165, 1.54) is 23.5 Å². The maximum Gasteiger partial charge on any atom is 0.326 e. The van der Waals surface area contributed by atoms with Gasteiger partial charge in [-0.15, -0.1) is 0 Å². The number of hydrogen-bond donors (Lipinski definition) is 4. The lowest BCUT2D eigenvalue weighted by molar-refractivity contribution is -0.139. The zero-order valence-electron chi connectivity index (χ0n) is 11.3. The van der Waals surface area contributed by atoms with Gasteiger partial charge >= 0.3 is 12.0 Å². The van der Waals surface area contributed by atoms with E-state index in [9.17, 15) is 9.59 Å². The molecule has 0 saturated heterocycles. The molecule has 0 aliphatic rings. The van der Waals surface area contributed by atoms with Crippen LogP contribution >= 0.6 is 0 Å². The number of carbonyl (C=O) groups excluding carboxylic acids is 1. The van der Waals surface area contributed by atoms with Gasteiger partial charge in [-0.25, -0.2) is 19.6 Å². The third-order valence-electron chi connectivity index (χ3n) is 2.64. The molecule has 2 aromatic heterocycles. The average Bonchev–Trinajstić information content (AvgIpc) is 3.07. The maximum atomic E-state index is 11.7. The summed E-state index contributed by atoms with van der Waals surface area (Å²) in [5.41, 5.74) is 0.620. The lowest BCUT2D eigenvalue weighted by Crippen LogP contribution is -2.47. The van der Waals surface area contributed by atoms with E-state index in [2.05, 4.69) is 30.7 Å². The van der Waals surface area contributed by atoms with Crippen molar-refractivity contribution in [3.8, 4) is 0 Å². The first-order chi connectivity index (χ1) is 10.0. The molecule has 21 heavy (non-hydrogen) atoms. The van der Waals surface area contributed by atoms with E-state index in [1.807, 2.05) is 0 Å². The number of carboxylic acids is 1. The van der Waals surface area contributed by atoms with Gasteiger partial charge in [0.2, 0.25) is 0 Å². The molecule has 112 valence electrons. The monoisotopic (exact) mass is 293 g/mol. The molecule has 10 nitrogen and oxygen atoms in total. The highest BCUT2D eigenvalue weighted by molar-refractivity contribution is 5.82. The summed E-state index contributed by atoms with van der Waals surface area (Å²) in [6.07, 6.45) is 4.58. The van der Waals surface area contributed by atoms with Crippen LogP contribution in [0.4, 0.5) is 4.79 Å². The van der Waals surface area contributed by atoms with Crippen LogP contribution in [0.3, 0.4) is 0 Å². The number of aromatic amines is 1. The van der Waals surface area contributed by atoms with Crippen molar-refractivity contribution in [1.82, 2.24) is 35.4 Å². The molecule has 10 heteroatoms. The van der Waals surface area contributed by atoms with Crippen LogP contribution in [0.25, 0.3) is 0 Å². The van der Waals surface area contributed by atoms with Crippen LogP contribution in [0, 0.1) is 0 Å². The molecule has 2 rings (SSSR count). The van der Waals surface area contributed by atoms with Gasteiger partial charge in [0, 0.05) is 25.4 Å². The molecule has 0 aromatic carbocycles. The number of carbonyl (C=O) groups is 2. The van der Waals surface area contributed by atoms with Crippen LogP contribution in [0.1, 0.15) is 11.5 Å². The number of rotatable bonds is 6. The first-order valence-corrected chi connectivity index (χ1v) is 6.13. The summed E-state index contributed by atoms with van der Waals surface area (Å²) in [5, 5.41) is 18.0. The Bertz CT molecular complexity index is 607. The Morgan fingerprint density at radius 3 is 2.90 bits per heavy atom. The fraction of sp³-hybridized carbons (Fsp3) is 0.364. The van der Waals surface area contributed by atoms with Crippen molar-refractivity contribution < 1.29 is 14.7 Å². The van der Waals surface area contributed by atoms with E-state index >= 15 is 0 Å². The molecule has 0 bridgehead atoms. The quantitative estimate of drug-likeness (QED) is 0.541. The van der Waals surface area contributed by atoms with Gasteiger partial charge in [-0.05, 0) is 0 Å². The second-order valence-corrected chi connectivity index (χ2v) is 4.33. The van der Waals surface area contributed by atoms with Gasteiger partial charge < -0.3 is 20.7 Å². The molecule has 0 fully saturated rings. The Morgan fingerprint density at radius 1 is 1.52 bits per heavy atom. The highest BCUT2D eigenvalue weighted by atomic mass is 16.4. The van der Waals surface area contributed by atoms with Crippen molar-refractivity contribution in [2.75, 3.05) is 0 Å². The second-order valence-electron chi connectivity index (χ2n) is 4.33. The minimum absolute atomic E-state index is 0.114. The van der Waals surface area contributed by atoms with Gasteiger partial charge in [0.1, 0.15) is 12.4 Å². The van der Waals surface area contributed by atoms with Crippen molar-refractivity contribution in [3.05, 3.63) is 30.4 Å². The minimum Gasteiger partial charge on any atom is -0.480 e. The Labute approximate surface area is 119 Å². The molecule has 1 atom stereocenters.